The Hall–Kier alpha value is -2.70. The van der Waals surface area contributed by atoms with Crippen LogP contribution in [0.3, 0.4) is 0 Å². The number of benzene rings is 2. The summed E-state index contributed by atoms with van der Waals surface area (Å²) in [4.78, 5) is 16.3. The summed E-state index contributed by atoms with van der Waals surface area (Å²) in [6, 6.07) is 12.5. The van der Waals surface area contributed by atoms with Crippen LogP contribution in [-0.4, -0.2) is 14.7 Å². The second kappa shape index (κ2) is 7.13. The number of fused-ring (bicyclic) bond motifs is 1. The van der Waals surface area contributed by atoms with E-state index in [0.29, 0.717) is 16.7 Å². The average Bonchev–Trinajstić information content (AvgIpc) is 3.10. The molecule has 7 heteroatoms. The van der Waals surface area contributed by atoms with Gasteiger partial charge in [0.15, 0.2) is 5.16 Å². The number of hydrogen-bond acceptors (Lipinski definition) is 5. The van der Waals surface area contributed by atoms with Crippen molar-refractivity contribution < 1.29 is 9.52 Å². The number of halogens is 1. The van der Waals surface area contributed by atoms with Crippen molar-refractivity contribution in [2.24, 2.45) is 0 Å². The molecule has 2 aromatic carbocycles. The molecule has 2 aromatic heterocycles. The third-order valence-corrected chi connectivity index (χ3v) is 5.55. The van der Waals surface area contributed by atoms with Gasteiger partial charge in [-0.15, -0.1) is 0 Å². The van der Waals surface area contributed by atoms with Gasteiger partial charge in [-0.05, 0) is 30.2 Å². The first-order valence-electron chi connectivity index (χ1n) is 8.20. The second-order valence-electron chi connectivity index (χ2n) is 6.05. The Morgan fingerprint density at radius 1 is 1.26 bits per heavy atom. The highest BCUT2D eigenvalue weighted by Crippen LogP contribution is 2.33. The minimum atomic E-state index is -0.470. The summed E-state index contributed by atoms with van der Waals surface area (Å²) in [5, 5.41) is 11.5. The molecule has 0 radical (unpaired) electrons. The van der Waals surface area contributed by atoms with Gasteiger partial charge in [0.25, 0.3) is 0 Å². The maximum Gasteiger partial charge on any atom is 0.336 e. The quantitative estimate of drug-likeness (QED) is 0.389. The van der Waals surface area contributed by atoms with Gasteiger partial charge in [0.2, 0.25) is 0 Å². The molecule has 0 atom stereocenters. The molecule has 5 nitrogen and oxygen atoms in total. The van der Waals surface area contributed by atoms with Crippen molar-refractivity contribution in [3.05, 3.63) is 81.4 Å². The molecule has 0 aliphatic carbocycles. The number of aromatic nitrogens is 2. The first-order valence-corrected chi connectivity index (χ1v) is 9.56. The minimum Gasteiger partial charge on any atom is -0.506 e. The lowest BCUT2D eigenvalue weighted by molar-refractivity contribution is 0.473. The molecule has 0 spiro atoms. The number of phenolic OH excluding ortho intramolecular Hbond substituents is 1. The normalized spacial score (nSPS) is 11.2. The third-order valence-electron chi connectivity index (χ3n) is 4.24. The number of nitrogens with zero attached hydrogens (tertiary/aromatic N) is 2. The van der Waals surface area contributed by atoms with Crippen molar-refractivity contribution in [2.45, 2.75) is 17.8 Å². The molecule has 1 N–H and O–H groups in total. The van der Waals surface area contributed by atoms with Crippen molar-refractivity contribution >= 4 is 34.3 Å². The predicted octanol–water partition coefficient (Wildman–Crippen LogP) is 4.94. The largest absolute Gasteiger partial charge is 0.506 e. The number of phenols is 1. The van der Waals surface area contributed by atoms with E-state index < -0.39 is 5.63 Å². The molecule has 4 aromatic rings. The zero-order valence-corrected chi connectivity index (χ0v) is 15.9. The van der Waals surface area contributed by atoms with Crippen LogP contribution >= 0.6 is 23.4 Å². The monoisotopic (exact) mass is 398 g/mol. The Labute approximate surface area is 164 Å². The first-order chi connectivity index (χ1) is 13.0. The fourth-order valence-electron chi connectivity index (χ4n) is 2.91. The van der Waals surface area contributed by atoms with Gasteiger partial charge >= 0.3 is 5.63 Å². The van der Waals surface area contributed by atoms with Crippen LogP contribution in [0.2, 0.25) is 5.02 Å². The summed E-state index contributed by atoms with van der Waals surface area (Å²) in [5.74, 6) is 0.388. The number of rotatable bonds is 4. The Kier molecular flexibility index (Phi) is 4.68. The van der Waals surface area contributed by atoms with E-state index in [9.17, 15) is 9.90 Å². The molecule has 27 heavy (non-hydrogen) atoms. The predicted molar refractivity (Wildman–Crippen MR) is 107 cm³/mol. The van der Waals surface area contributed by atoms with Gasteiger partial charge in [0.1, 0.15) is 11.3 Å². The lowest BCUT2D eigenvalue weighted by Crippen LogP contribution is -2.01. The maximum atomic E-state index is 11.9. The summed E-state index contributed by atoms with van der Waals surface area (Å²) in [7, 11) is 0. The van der Waals surface area contributed by atoms with Crippen molar-refractivity contribution in [2.75, 3.05) is 0 Å². The molecule has 136 valence electrons. The second-order valence-corrected chi connectivity index (χ2v) is 7.40. The van der Waals surface area contributed by atoms with Gasteiger partial charge in [-0.2, -0.15) is 0 Å². The summed E-state index contributed by atoms with van der Waals surface area (Å²) < 4.78 is 7.20. The van der Waals surface area contributed by atoms with E-state index in [4.69, 9.17) is 16.0 Å². The highest BCUT2D eigenvalue weighted by Gasteiger charge is 2.13. The molecular formula is C20H15ClN2O3S. The molecule has 4 rings (SSSR count). The van der Waals surface area contributed by atoms with Gasteiger partial charge in [-0.1, -0.05) is 41.6 Å². The summed E-state index contributed by atoms with van der Waals surface area (Å²) in [6.07, 6.45) is 3.66. The van der Waals surface area contributed by atoms with Gasteiger partial charge in [-0.3, -0.25) is 4.57 Å². The van der Waals surface area contributed by atoms with Gasteiger partial charge < -0.3 is 9.52 Å². The van der Waals surface area contributed by atoms with Gasteiger partial charge in [-0.25, -0.2) is 9.78 Å². The number of aromatic hydroxyl groups is 1. The summed E-state index contributed by atoms with van der Waals surface area (Å²) >= 11 is 7.54. The lowest BCUT2D eigenvalue weighted by Gasteiger charge is -2.11. The number of imidazole rings is 1. The van der Waals surface area contributed by atoms with Crippen molar-refractivity contribution in [1.82, 2.24) is 9.55 Å². The number of thioether (sulfide) groups is 1. The molecular weight excluding hydrogens is 384 g/mol. The highest BCUT2D eigenvalue weighted by atomic mass is 35.5. The number of para-hydroxylation sites is 1. The molecule has 0 saturated heterocycles. The molecule has 2 heterocycles. The van der Waals surface area contributed by atoms with Gasteiger partial charge in [0.05, 0.1) is 10.7 Å². The summed E-state index contributed by atoms with van der Waals surface area (Å²) in [6.45, 7) is 2.05. The van der Waals surface area contributed by atoms with E-state index in [0.717, 1.165) is 22.0 Å². The Bertz CT molecular complexity index is 1200. The van der Waals surface area contributed by atoms with Crippen molar-refractivity contribution in [3.8, 4) is 11.4 Å². The lowest BCUT2D eigenvalue weighted by atomic mass is 10.1. The van der Waals surface area contributed by atoms with Crippen LogP contribution in [0, 0.1) is 6.92 Å². The van der Waals surface area contributed by atoms with E-state index in [1.165, 1.54) is 23.9 Å². The molecule has 0 aliphatic rings. The van der Waals surface area contributed by atoms with Crippen LogP contribution < -0.4 is 5.63 Å². The summed E-state index contributed by atoms with van der Waals surface area (Å²) in [5.41, 5.74) is 2.81. The van der Waals surface area contributed by atoms with Crippen LogP contribution in [0.1, 0.15) is 11.1 Å². The molecule has 0 unspecified atom stereocenters. The Balaban J connectivity index is 1.70. The van der Waals surface area contributed by atoms with Crippen molar-refractivity contribution in [3.63, 3.8) is 0 Å². The molecule has 0 aliphatic heterocycles. The molecule has 0 amide bonds. The standard InChI is InChI=1S/C20H15ClN2O3S/c1-12-4-2-3-5-16(12)23-7-6-22-20(23)27-11-13-8-19(25)26-18-10-17(24)15(21)9-14(13)18/h2-10,24H,11H2,1H3. The van der Waals surface area contributed by atoms with Crippen molar-refractivity contribution in [1.29, 1.82) is 0 Å². The zero-order valence-electron chi connectivity index (χ0n) is 14.3. The fraction of sp³-hybridized carbons (Fsp3) is 0.100. The third kappa shape index (κ3) is 3.46. The van der Waals surface area contributed by atoms with Crippen LogP contribution in [-0.2, 0) is 5.75 Å². The molecule has 0 fully saturated rings. The van der Waals surface area contributed by atoms with Crippen LogP contribution in [0.15, 0.2) is 69.2 Å². The smallest absolute Gasteiger partial charge is 0.336 e. The fourth-order valence-corrected chi connectivity index (χ4v) is 4.03. The van der Waals surface area contributed by atoms with E-state index in [-0.39, 0.29) is 10.8 Å². The first kappa shape index (κ1) is 17.7. The minimum absolute atomic E-state index is 0.118. The van der Waals surface area contributed by atoms with Crippen LogP contribution in [0.25, 0.3) is 16.7 Å². The highest BCUT2D eigenvalue weighted by molar-refractivity contribution is 7.98. The van der Waals surface area contributed by atoms with Crippen LogP contribution in [0.4, 0.5) is 0 Å². The molecule has 0 saturated carbocycles. The Morgan fingerprint density at radius 2 is 2.07 bits per heavy atom. The SMILES string of the molecule is Cc1ccccc1-n1ccnc1SCc1cc(=O)oc2cc(O)c(Cl)cc12. The zero-order chi connectivity index (χ0) is 19.0. The van der Waals surface area contributed by atoms with Crippen LogP contribution in [0.5, 0.6) is 5.75 Å². The maximum absolute atomic E-state index is 11.9. The van der Waals surface area contributed by atoms with Gasteiger partial charge in [0, 0.05) is 35.7 Å². The van der Waals surface area contributed by atoms with E-state index in [2.05, 4.69) is 4.98 Å². The van der Waals surface area contributed by atoms with E-state index >= 15 is 0 Å². The van der Waals surface area contributed by atoms with E-state index in [1.54, 1.807) is 12.3 Å². The average molecular weight is 399 g/mol. The molecule has 0 bridgehead atoms. The van der Waals surface area contributed by atoms with E-state index in [1.807, 2.05) is 42.0 Å². The topological polar surface area (TPSA) is 68.3 Å². The Morgan fingerprint density at radius 3 is 2.89 bits per heavy atom. The number of aryl methyl sites for hydroxylation is 1. The number of hydrogen-bond donors (Lipinski definition) is 1.